The fourth-order valence-electron chi connectivity index (χ4n) is 2.62. The van der Waals surface area contributed by atoms with Crippen molar-refractivity contribution in [2.24, 2.45) is 0 Å². The molecule has 146 valence electrons. The third kappa shape index (κ3) is 5.42. The molecule has 0 saturated carbocycles. The molecule has 0 fully saturated rings. The number of unbranched alkanes of at least 4 members (excludes halogenated alkanes) is 3. The number of benzene rings is 1. The van der Waals surface area contributed by atoms with E-state index in [4.69, 9.17) is 0 Å². The molecule has 0 bridgehead atoms. The smallest absolute Gasteiger partial charge is 0.351 e. The van der Waals surface area contributed by atoms with E-state index >= 15 is 0 Å². The quantitative estimate of drug-likeness (QED) is 0.741. The number of hydrogen-bond donors (Lipinski definition) is 1. The van der Waals surface area contributed by atoms with E-state index in [9.17, 15) is 22.8 Å². The highest BCUT2D eigenvalue weighted by atomic mass is 19.4. The number of hydrogen-bond acceptors (Lipinski definition) is 3. The molecule has 0 aliphatic carbocycles. The molecule has 1 amide bonds. The van der Waals surface area contributed by atoms with Crippen molar-refractivity contribution >= 4 is 5.91 Å². The van der Waals surface area contributed by atoms with Gasteiger partial charge in [-0.2, -0.15) is 18.3 Å². The topological polar surface area (TPSA) is 64.0 Å². The van der Waals surface area contributed by atoms with E-state index in [0.717, 1.165) is 37.8 Å². The van der Waals surface area contributed by atoms with Gasteiger partial charge in [0, 0.05) is 18.3 Å². The molecule has 0 radical (unpaired) electrons. The third-order valence-electron chi connectivity index (χ3n) is 4.06. The average molecular weight is 381 g/mol. The fraction of sp³-hybridized carbons (Fsp3) is 0.421. The second kappa shape index (κ2) is 8.83. The average Bonchev–Trinajstić information content (AvgIpc) is 2.61. The standard InChI is InChI=1S/C19H22F3N3O2/c1-3-4-5-6-10-23-18(27)17-16(26)11-13(2)25(24-17)15-9-7-8-14(12-15)19(20,21)22/h7-9,11-12H,3-6,10H2,1-2H3,(H,23,27). The molecule has 0 unspecified atom stereocenters. The van der Waals surface area contributed by atoms with Crippen LogP contribution < -0.4 is 10.7 Å². The van der Waals surface area contributed by atoms with E-state index in [-0.39, 0.29) is 11.4 Å². The maximum absolute atomic E-state index is 12.9. The van der Waals surface area contributed by atoms with Crippen molar-refractivity contribution in [3.63, 3.8) is 0 Å². The molecule has 1 heterocycles. The van der Waals surface area contributed by atoms with Crippen molar-refractivity contribution < 1.29 is 18.0 Å². The zero-order chi connectivity index (χ0) is 20.0. The first-order chi connectivity index (χ1) is 12.7. The van der Waals surface area contributed by atoms with Crippen molar-refractivity contribution in [3.8, 4) is 5.69 Å². The molecule has 1 aromatic heterocycles. The lowest BCUT2D eigenvalue weighted by molar-refractivity contribution is -0.137. The number of nitrogens with one attached hydrogen (secondary N) is 1. The predicted molar refractivity (Wildman–Crippen MR) is 96.0 cm³/mol. The van der Waals surface area contributed by atoms with Crippen LogP contribution in [0.3, 0.4) is 0 Å². The number of aromatic nitrogens is 2. The van der Waals surface area contributed by atoms with Crippen molar-refractivity contribution in [3.05, 3.63) is 57.5 Å². The molecule has 0 atom stereocenters. The lowest BCUT2D eigenvalue weighted by Crippen LogP contribution is -2.32. The highest BCUT2D eigenvalue weighted by molar-refractivity contribution is 5.92. The van der Waals surface area contributed by atoms with Gasteiger partial charge in [-0.05, 0) is 31.5 Å². The van der Waals surface area contributed by atoms with Crippen molar-refractivity contribution in [1.82, 2.24) is 15.1 Å². The predicted octanol–water partition coefficient (Wildman–Crippen LogP) is 3.87. The number of alkyl halides is 3. The fourth-order valence-corrected chi connectivity index (χ4v) is 2.62. The minimum atomic E-state index is -4.50. The molecule has 2 aromatic rings. The van der Waals surface area contributed by atoms with Gasteiger partial charge in [0.1, 0.15) is 0 Å². The van der Waals surface area contributed by atoms with Gasteiger partial charge in [-0.3, -0.25) is 9.59 Å². The molecule has 0 aliphatic heterocycles. The number of amides is 1. The molecular weight excluding hydrogens is 359 g/mol. The van der Waals surface area contributed by atoms with Gasteiger partial charge in [-0.25, -0.2) is 4.68 Å². The second-order valence-corrected chi connectivity index (χ2v) is 6.28. The van der Waals surface area contributed by atoms with Gasteiger partial charge in [0.2, 0.25) is 5.43 Å². The summed E-state index contributed by atoms with van der Waals surface area (Å²) >= 11 is 0. The normalized spacial score (nSPS) is 11.4. The second-order valence-electron chi connectivity index (χ2n) is 6.28. The van der Waals surface area contributed by atoms with Crippen LogP contribution in [0.25, 0.3) is 5.69 Å². The number of nitrogens with zero attached hydrogens (tertiary/aromatic N) is 2. The molecular formula is C19H22F3N3O2. The molecule has 1 aromatic carbocycles. The zero-order valence-electron chi connectivity index (χ0n) is 15.3. The maximum Gasteiger partial charge on any atom is 0.416 e. The van der Waals surface area contributed by atoms with Gasteiger partial charge in [-0.1, -0.05) is 32.3 Å². The Kier molecular flexibility index (Phi) is 6.76. The molecule has 27 heavy (non-hydrogen) atoms. The Morgan fingerprint density at radius 1 is 1.19 bits per heavy atom. The summed E-state index contributed by atoms with van der Waals surface area (Å²) in [5, 5.41) is 6.64. The van der Waals surface area contributed by atoms with Gasteiger partial charge in [0.25, 0.3) is 5.91 Å². The first-order valence-corrected chi connectivity index (χ1v) is 8.81. The first-order valence-electron chi connectivity index (χ1n) is 8.81. The molecule has 0 spiro atoms. The van der Waals surface area contributed by atoms with Crippen molar-refractivity contribution in [2.75, 3.05) is 6.54 Å². The summed E-state index contributed by atoms with van der Waals surface area (Å²) in [6.07, 6.45) is -0.627. The van der Waals surface area contributed by atoms with Crippen LogP contribution in [0, 0.1) is 6.92 Å². The Morgan fingerprint density at radius 3 is 2.59 bits per heavy atom. The third-order valence-corrected chi connectivity index (χ3v) is 4.06. The zero-order valence-corrected chi connectivity index (χ0v) is 15.3. The van der Waals surface area contributed by atoms with Gasteiger partial charge < -0.3 is 5.32 Å². The van der Waals surface area contributed by atoms with E-state index in [1.807, 2.05) is 0 Å². The number of carbonyl (C=O) groups excluding carboxylic acids is 1. The lowest BCUT2D eigenvalue weighted by Gasteiger charge is -2.13. The molecule has 0 aliphatic rings. The van der Waals surface area contributed by atoms with Crippen LogP contribution in [-0.4, -0.2) is 22.2 Å². The van der Waals surface area contributed by atoms with E-state index in [1.54, 1.807) is 6.92 Å². The molecule has 5 nitrogen and oxygen atoms in total. The summed E-state index contributed by atoms with van der Waals surface area (Å²) in [6, 6.07) is 5.76. The van der Waals surface area contributed by atoms with Crippen LogP contribution in [0.4, 0.5) is 13.2 Å². The molecule has 8 heteroatoms. The van der Waals surface area contributed by atoms with Crippen molar-refractivity contribution in [2.45, 2.75) is 45.7 Å². The van der Waals surface area contributed by atoms with E-state index in [2.05, 4.69) is 17.3 Å². The highest BCUT2D eigenvalue weighted by Crippen LogP contribution is 2.30. The highest BCUT2D eigenvalue weighted by Gasteiger charge is 2.30. The minimum absolute atomic E-state index is 0.124. The van der Waals surface area contributed by atoms with Gasteiger partial charge in [0.15, 0.2) is 5.69 Å². The number of rotatable bonds is 7. The van der Waals surface area contributed by atoms with Crippen LogP contribution in [-0.2, 0) is 6.18 Å². The minimum Gasteiger partial charge on any atom is -0.351 e. The Labute approximate surface area is 155 Å². The Hall–Kier alpha value is -2.64. The van der Waals surface area contributed by atoms with Crippen LogP contribution in [0.15, 0.2) is 35.1 Å². The van der Waals surface area contributed by atoms with Gasteiger partial charge in [-0.15, -0.1) is 0 Å². The summed E-state index contributed by atoms with van der Waals surface area (Å²) < 4.78 is 40.0. The Balaban J connectivity index is 2.28. The largest absolute Gasteiger partial charge is 0.416 e. The van der Waals surface area contributed by atoms with Gasteiger partial charge in [0.05, 0.1) is 11.3 Å². The Bertz CT molecular complexity index is 860. The summed E-state index contributed by atoms with van der Waals surface area (Å²) in [6.45, 7) is 4.03. The summed E-state index contributed by atoms with van der Waals surface area (Å²) in [5.74, 6) is -0.628. The van der Waals surface area contributed by atoms with Gasteiger partial charge >= 0.3 is 6.18 Å². The molecule has 0 saturated heterocycles. The summed E-state index contributed by atoms with van der Waals surface area (Å²) in [7, 11) is 0. The van der Waals surface area contributed by atoms with Crippen LogP contribution in [0.2, 0.25) is 0 Å². The first kappa shape index (κ1) is 20.7. The lowest BCUT2D eigenvalue weighted by atomic mass is 10.2. The maximum atomic E-state index is 12.9. The summed E-state index contributed by atoms with van der Waals surface area (Å²) in [5.41, 5.74) is -1.28. The molecule has 2 rings (SSSR count). The van der Waals surface area contributed by atoms with Crippen LogP contribution in [0.1, 0.15) is 54.4 Å². The summed E-state index contributed by atoms with van der Waals surface area (Å²) in [4.78, 5) is 24.4. The number of aryl methyl sites for hydroxylation is 1. The SMILES string of the molecule is CCCCCCNC(=O)c1nn(-c2cccc(C(F)(F)F)c2)c(C)cc1=O. The van der Waals surface area contributed by atoms with Crippen LogP contribution >= 0.6 is 0 Å². The number of carbonyl (C=O) groups is 1. The van der Waals surface area contributed by atoms with E-state index < -0.39 is 23.1 Å². The number of halogens is 3. The monoisotopic (exact) mass is 381 g/mol. The van der Waals surface area contributed by atoms with E-state index in [1.165, 1.54) is 22.9 Å². The van der Waals surface area contributed by atoms with E-state index in [0.29, 0.717) is 12.2 Å². The van der Waals surface area contributed by atoms with Crippen LogP contribution in [0.5, 0.6) is 0 Å². The molecule has 1 N–H and O–H groups in total. The Morgan fingerprint density at radius 2 is 1.93 bits per heavy atom. The van der Waals surface area contributed by atoms with Crippen molar-refractivity contribution in [1.29, 1.82) is 0 Å².